The van der Waals surface area contributed by atoms with Gasteiger partial charge in [0.05, 0.1) is 0 Å². The van der Waals surface area contributed by atoms with Crippen molar-refractivity contribution in [1.82, 2.24) is 10.2 Å². The first-order chi connectivity index (χ1) is 11.2. The third kappa shape index (κ3) is 16.1. The van der Waals surface area contributed by atoms with Gasteiger partial charge in [0, 0.05) is 13.0 Å². The maximum atomic E-state index is 11.7. The molecule has 0 fully saturated rings. The Hall–Kier alpha value is -0.570. The zero-order chi connectivity index (χ0) is 17.2. The summed E-state index contributed by atoms with van der Waals surface area (Å²) >= 11 is 0. The molecular formula is C20H42N2O. The summed E-state index contributed by atoms with van der Waals surface area (Å²) < 4.78 is 0. The number of unbranched alkanes of at least 4 members (excludes halogenated alkanes) is 9. The summed E-state index contributed by atoms with van der Waals surface area (Å²) in [6.45, 7) is 10.8. The molecule has 3 heteroatoms. The average Bonchev–Trinajstić information content (AvgIpc) is 2.56. The highest BCUT2D eigenvalue weighted by atomic mass is 16.1. The van der Waals surface area contributed by atoms with Crippen LogP contribution in [-0.4, -0.2) is 37.0 Å². The Morgan fingerprint density at radius 1 is 0.739 bits per heavy atom. The van der Waals surface area contributed by atoms with E-state index in [1.807, 2.05) is 0 Å². The summed E-state index contributed by atoms with van der Waals surface area (Å²) in [4.78, 5) is 14.1. The van der Waals surface area contributed by atoms with E-state index in [0.29, 0.717) is 6.42 Å². The van der Waals surface area contributed by atoms with Crippen LogP contribution in [-0.2, 0) is 4.79 Å². The molecule has 0 aromatic rings. The molecule has 1 N–H and O–H groups in total. The third-order valence-corrected chi connectivity index (χ3v) is 4.63. The van der Waals surface area contributed by atoms with Crippen molar-refractivity contribution in [2.75, 3.05) is 26.2 Å². The smallest absolute Gasteiger partial charge is 0.219 e. The standard InChI is InChI=1S/C20H42N2O/c1-4-7-8-9-10-11-12-13-14-15-17-20(23)21-18-16-19-22(5-2)6-3/h4-19H2,1-3H3,(H,21,23). The highest BCUT2D eigenvalue weighted by Crippen LogP contribution is 2.11. The Labute approximate surface area is 145 Å². The first-order valence-electron chi connectivity index (χ1n) is 10.2. The summed E-state index contributed by atoms with van der Waals surface area (Å²) in [7, 11) is 0. The Balaban J connectivity index is 3.24. The lowest BCUT2D eigenvalue weighted by molar-refractivity contribution is -0.121. The molecule has 0 saturated carbocycles. The van der Waals surface area contributed by atoms with Crippen molar-refractivity contribution >= 4 is 5.91 Å². The van der Waals surface area contributed by atoms with Crippen molar-refractivity contribution in [1.29, 1.82) is 0 Å². The third-order valence-electron chi connectivity index (χ3n) is 4.63. The van der Waals surface area contributed by atoms with Crippen LogP contribution in [0.25, 0.3) is 0 Å². The fraction of sp³-hybridized carbons (Fsp3) is 0.950. The van der Waals surface area contributed by atoms with Gasteiger partial charge in [-0.3, -0.25) is 4.79 Å². The van der Waals surface area contributed by atoms with Gasteiger partial charge in [-0.25, -0.2) is 0 Å². The molecule has 23 heavy (non-hydrogen) atoms. The second-order valence-corrected chi connectivity index (χ2v) is 6.66. The van der Waals surface area contributed by atoms with E-state index in [-0.39, 0.29) is 5.91 Å². The number of hydrogen-bond donors (Lipinski definition) is 1. The number of nitrogens with one attached hydrogen (secondary N) is 1. The number of nitrogens with zero attached hydrogens (tertiary/aromatic N) is 1. The minimum atomic E-state index is 0.240. The first kappa shape index (κ1) is 22.4. The molecule has 0 radical (unpaired) electrons. The largest absolute Gasteiger partial charge is 0.356 e. The van der Waals surface area contributed by atoms with E-state index in [2.05, 4.69) is 31.0 Å². The van der Waals surface area contributed by atoms with Crippen LogP contribution in [0.3, 0.4) is 0 Å². The quantitative estimate of drug-likeness (QED) is 0.375. The minimum Gasteiger partial charge on any atom is -0.356 e. The zero-order valence-electron chi connectivity index (χ0n) is 16.2. The normalized spacial score (nSPS) is 11.1. The van der Waals surface area contributed by atoms with Crippen LogP contribution >= 0.6 is 0 Å². The van der Waals surface area contributed by atoms with Gasteiger partial charge in [0.1, 0.15) is 0 Å². The van der Waals surface area contributed by atoms with Gasteiger partial charge < -0.3 is 10.2 Å². The highest BCUT2D eigenvalue weighted by Gasteiger charge is 2.02. The number of amides is 1. The molecule has 0 aromatic heterocycles. The van der Waals surface area contributed by atoms with E-state index in [1.54, 1.807) is 0 Å². The van der Waals surface area contributed by atoms with Crippen LogP contribution in [0.1, 0.15) is 97.8 Å². The van der Waals surface area contributed by atoms with E-state index in [1.165, 1.54) is 57.8 Å². The molecule has 0 aliphatic rings. The second kappa shape index (κ2) is 17.8. The Kier molecular flexibility index (Phi) is 17.3. The fourth-order valence-corrected chi connectivity index (χ4v) is 2.93. The fourth-order valence-electron chi connectivity index (χ4n) is 2.93. The topological polar surface area (TPSA) is 32.3 Å². The molecule has 0 spiro atoms. The Morgan fingerprint density at radius 2 is 1.26 bits per heavy atom. The predicted octanol–water partition coefficient (Wildman–Crippen LogP) is 5.15. The molecule has 0 aromatic carbocycles. The van der Waals surface area contributed by atoms with E-state index < -0.39 is 0 Å². The molecule has 138 valence electrons. The van der Waals surface area contributed by atoms with Gasteiger partial charge in [0.2, 0.25) is 5.91 Å². The molecule has 0 unspecified atom stereocenters. The predicted molar refractivity (Wildman–Crippen MR) is 102 cm³/mol. The lowest BCUT2D eigenvalue weighted by Gasteiger charge is -2.17. The number of carbonyl (C=O) groups is 1. The van der Waals surface area contributed by atoms with Crippen molar-refractivity contribution in [3.63, 3.8) is 0 Å². The lowest BCUT2D eigenvalue weighted by Crippen LogP contribution is -2.29. The van der Waals surface area contributed by atoms with Crippen LogP contribution < -0.4 is 5.32 Å². The summed E-state index contributed by atoms with van der Waals surface area (Å²) in [6, 6.07) is 0. The van der Waals surface area contributed by atoms with Gasteiger partial charge in [0.15, 0.2) is 0 Å². The van der Waals surface area contributed by atoms with Crippen molar-refractivity contribution in [2.45, 2.75) is 97.8 Å². The number of carbonyl (C=O) groups excluding carboxylic acids is 1. The maximum Gasteiger partial charge on any atom is 0.219 e. The molecule has 3 nitrogen and oxygen atoms in total. The molecule has 0 rings (SSSR count). The summed E-state index contributed by atoms with van der Waals surface area (Å²) in [5, 5.41) is 3.05. The van der Waals surface area contributed by atoms with Crippen molar-refractivity contribution < 1.29 is 4.79 Å². The maximum absolute atomic E-state index is 11.7. The molecule has 0 saturated heterocycles. The van der Waals surface area contributed by atoms with Gasteiger partial charge >= 0.3 is 0 Å². The van der Waals surface area contributed by atoms with E-state index in [9.17, 15) is 4.79 Å². The minimum absolute atomic E-state index is 0.240. The van der Waals surface area contributed by atoms with Crippen molar-refractivity contribution in [3.05, 3.63) is 0 Å². The van der Waals surface area contributed by atoms with E-state index in [0.717, 1.165) is 39.0 Å². The zero-order valence-corrected chi connectivity index (χ0v) is 16.2. The summed E-state index contributed by atoms with van der Waals surface area (Å²) in [5.41, 5.74) is 0. The van der Waals surface area contributed by atoms with Crippen LogP contribution in [0.2, 0.25) is 0 Å². The van der Waals surface area contributed by atoms with E-state index >= 15 is 0 Å². The van der Waals surface area contributed by atoms with Gasteiger partial charge in [-0.05, 0) is 32.5 Å². The molecule has 0 atom stereocenters. The lowest BCUT2D eigenvalue weighted by atomic mass is 10.1. The van der Waals surface area contributed by atoms with E-state index in [4.69, 9.17) is 0 Å². The van der Waals surface area contributed by atoms with Crippen LogP contribution in [0, 0.1) is 0 Å². The molecule has 0 bridgehead atoms. The van der Waals surface area contributed by atoms with Gasteiger partial charge in [-0.1, -0.05) is 78.6 Å². The molecule has 0 heterocycles. The monoisotopic (exact) mass is 326 g/mol. The first-order valence-corrected chi connectivity index (χ1v) is 10.2. The molecular weight excluding hydrogens is 284 g/mol. The molecule has 0 aliphatic heterocycles. The molecule has 1 amide bonds. The number of rotatable bonds is 17. The summed E-state index contributed by atoms with van der Waals surface area (Å²) in [5.74, 6) is 0.240. The van der Waals surface area contributed by atoms with Crippen LogP contribution in [0.5, 0.6) is 0 Å². The molecule has 0 aliphatic carbocycles. The number of hydrogen-bond acceptors (Lipinski definition) is 2. The van der Waals surface area contributed by atoms with Crippen LogP contribution in [0.15, 0.2) is 0 Å². The van der Waals surface area contributed by atoms with Gasteiger partial charge in [-0.15, -0.1) is 0 Å². The summed E-state index contributed by atoms with van der Waals surface area (Å²) in [6.07, 6.45) is 15.0. The Morgan fingerprint density at radius 3 is 1.78 bits per heavy atom. The van der Waals surface area contributed by atoms with Crippen molar-refractivity contribution in [2.24, 2.45) is 0 Å². The average molecular weight is 327 g/mol. The second-order valence-electron chi connectivity index (χ2n) is 6.66. The Bertz CT molecular complexity index is 252. The highest BCUT2D eigenvalue weighted by molar-refractivity contribution is 5.75. The van der Waals surface area contributed by atoms with Gasteiger partial charge in [0.25, 0.3) is 0 Å². The van der Waals surface area contributed by atoms with Crippen molar-refractivity contribution in [3.8, 4) is 0 Å². The SMILES string of the molecule is CCCCCCCCCCCCC(=O)NCCCN(CC)CC. The van der Waals surface area contributed by atoms with Crippen LogP contribution in [0.4, 0.5) is 0 Å². The van der Waals surface area contributed by atoms with Gasteiger partial charge in [-0.2, -0.15) is 0 Å².